The number of nitrogens with one attached hydrogen (secondary N) is 2. The Balaban J connectivity index is 1.27. The van der Waals surface area contributed by atoms with Crippen LogP contribution in [0.4, 0.5) is 5.69 Å². The first kappa shape index (κ1) is 19.9. The Bertz CT molecular complexity index is 1330. The molecule has 0 saturated heterocycles. The zero-order chi connectivity index (χ0) is 22.6. The van der Waals surface area contributed by atoms with Crippen molar-refractivity contribution in [1.82, 2.24) is 15.2 Å². The van der Waals surface area contributed by atoms with Gasteiger partial charge in [0.2, 0.25) is 5.91 Å². The number of hydrogen-bond acceptors (Lipinski definition) is 5. The van der Waals surface area contributed by atoms with Gasteiger partial charge in [0.05, 0.1) is 16.1 Å². The summed E-state index contributed by atoms with van der Waals surface area (Å²) in [6, 6.07) is 9.68. The van der Waals surface area contributed by atoms with Crippen molar-refractivity contribution < 1.29 is 19.3 Å². The average molecular weight is 432 g/mol. The van der Waals surface area contributed by atoms with Crippen molar-refractivity contribution in [2.45, 2.75) is 32.2 Å². The number of rotatable bonds is 4. The highest BCUT2D eigenvalue weighted by molar-refractivity contribution is 6.22. The van der Waals surface area contributed by atoms with E-state index in [1.165, 1.54) is 28.6 Å². The first-order chi connectivity index (χ1) is 15.3. The topological polar surface area (TPSA) is 125 Å². The number of benzene rings is 2. The fraction of sp³-hybridized carbons (Fsp3) is 0.261. The second-order valence-corrected chi connectivity index (χ2v) is 8.32. The zero-order valence-electron chi connectivity index (χ0n) is 17.3. The zero-order valence-corrected chi connectivity index (χ0v) is 17.3. The third kappa shape index (κ3) is 3.22. The summed E-state index contributed by atoms with van der Waals surface area (Å²) >= 11 is 0. The van der Waals surface area contributed by atoms with Crippen molar-refractivity contribution in [3.05, 3.63) is 74.5 Å². The van der Waals surface area contributed by atoms with Crippen LogP contribution >= 0.6 is 0 Å². The molecule has 0 bridgehead atoms. The van der Waals surface area contributed by atoms with E-state index in [1.807, 2.05) is 0 Å². The standard InChI is InChI=1S/C23H20N4O5/c1-12-2-7-19-17(8-12)15-5-3-13(9-20(15)25-19)24-21(28)11-26-22(29)16-6-4-14(27(31)32)10-18(16)23(26)30/h2,4,6-8,10,13,25H,3,5,9,11H2,1H3,(H,24,28). The van der Waals surface area contributed by atoms with Crippen molar-refractivity contribution in [2.75, 3.05) is 6.54 Å². The summed E-state index contributed by atoms with van der Waals surface area (Å²) in [5.41, 5.74) is 4.39. The molecule has 2 N–H and O–H groups in total. The van der Waals surface area contributed by atoms with Crippen LogP contribution in [0, 0.1) is 17.0 Å². The van der Waals surface area contributed by atoms with E-state index in [0.717, 1.165) is 35.0 Å². The summed E-state index contributed by atoms with van der Waals surface area (Å²) in [6.07, 6.45) is 2.22. The van der Waals surface area contributed by atoms with Crippen molar-refractivity contribution in [1.29, 1.82) is 0 Å². The van der Waals surface area contributed by atoms with Gasteiger partial charge in [-0.1, -0.05) is 11.6 Å². The van der Waals surface area contributed by atoms with Gasteiger partial charge in [0.25, 0.3) is 17.5 Å². The molecule has 32 heavy (non-hydrogen) atoms. The summed E-state index contributed by atoms with van der Waals surface area (Å²) in [4.78, 5) is 52.4. The predicted molar refractivity (Wildman–Crippen MR) is 115 cm³/mol. The first-order valence-electron chi connectivity index (χ1n) is 10.4. The molecule has 3 aromatic rings. The van der Waals surface area contributed by atoms with E-state index >= 15 is 0 Å². The highest BCUT2D eigenvalue weighted by atomic mass is 16.6. The minimum Gasteiger partial charge on any atom is -0.358 e. The van der Waals surface area contributed by atoms with Crippen LogP contribution in [0.25, 0.3) is 10.9 Å². The van der Waals surface area contributed by atoms with Crippen LogP contribution in [0.3, 0.4) is 0 Å². The third-order valence-electron chi connectivity index (χ3n) is 6.18. The molecular formula is C23H20N4O5. The maximum Gasteiger partial charge on any atom is 0.270 e. The SMILES string of the molecule is Cc1ccc2[nH]c3c(c2c1)CCC(NC(=O)CN1C(=O)c2ccc([N+](=O)[O-])cc2C1=O)C3. The third-order valence-corrected chi connectivity index (χ3v) is 6.18. The Labute approximate surface area is 182 Å². The smallest absolute Gasteiger partial charge is 0.270 e. The van der Waals surface area contributed by atoms with E-state index in [9.17, 15) is 24.5 Å². The molecule has 2 aromatic carbocycles. The number of nitro benzene ring substituents is 1. The molecule has 1 atom stereocenters. The average Bonchev–Trinajstić information content (AvgIpc) is 3.23. The Morgan fingerprint density at radius 2 is 1.97 bits per heavy atom. The van der Waals surface area contributed by atoms with E-state index in [-0.39, 0.29) is 22.9 Å². The second kappa shape index (κ2) is 7.30. The summed E-state index contributed by atoms with van der Waals surface area (Å²) in [6.45, 7) is 1.64. The number of non-ortho nitro benzene ring substituents is 1. The molecule has 1 aliphatic carbocycles. The molecule has 1 aromatic heterocycles. The molecule has 9 heteroatoms. The molecule has 0 saturated carbocycles. The number of imide groups is 1. The molecule has 1 aliphatic heterocycles. The molecular weight excluding hydrogens is 412 g/mol. The Hall–Kier alpha value is -4.01. The monoisotopic (exact) mass is 432 g/mol. The number of fused-ring (bicyclic) bond motifs is 4. The van der Waals surface area contributed by atoms with Gasteiger partial charge in [-0.05, 0) is 43.5 Å². The largest absolute Gasteiger partial charge is 0.358 e. The number of aromatic nitrogens is 1. The van der Waals surface area contributed by atoms with Gasteiger partial charge in [0, 0.05) is 41.2 Å². The van der Waals surface area contributed by atoms with Gasteiger partial charge in [0.1, 0.15) is 6.54 Å². The summed E-state index contributed by atoms with van der Waals surface area (Å²) in [5, 5.41) is 15.1. The number of H-pyrrole nitrogens is 1. The molecule has 2 heterocycles. The Morgan fingerprint density at radius 1 is 1.19 bits per heavy atom. The summed E-state index contributed by atoms with van der Waals surface area (Å²) < 4.78 is 0. The van der Waals surface area contributed by atoms with Gasteiger partial charge in [-0.25, -0.2) is 0 Å². The summed E-state index contributed by atoms with van der Waals surface area (Å²) in [7, 11) is 0. The molecule has 2 aliphatic rings. The molecule has 162 valence electrons. The van der Waals surface area contributed by atoms with E-state index in [4.69, 9.17) is 0 Å². The highest BCUT2D eigenvalue weighted by Gasteiger charge is 2.38. The normalized spacial score (nSPS) is 17.4. The van der Waals surface area contributed by atoms with E-state index in [0.29, 0.717) is 6.42 Å². The number of amides is 3. The van der Waals surface area contributed by atoms with Crippen molar-refractivity contribution in [3.8, 4) is 0 Å². The number of carbonyl (C=O) groups excluding carboxylic acids is 3. The number of aromatic amines is 1. The van der Waals surface area contributed by atoms with Crippen molar-refractivity contribution >= 4 is 34.3 Å². The molecule has 3 amide bonds. The molecule has 0 radical (unpaired) electrons. The molecule has 9 nitrogen and oxygen atoms in total. The van der Waals surface area contributed by atoms with Gasteiger partial charge in [-0.3, -0.25) is 29.4 Å². The van der Waals surface area contributed by atoms with Gasteiger partial charge in [0.15, 0.2) is 0 Å². The Morgan fingerprint density at radius 3 is 2.75 bits per heavy atom. The van der Waals surface area contributed by atoms with E-state index in [1.54, 1.807) is 0 Å². The van der Waals surface area contributed by atoms with Gasteiger partial charge >= 0.3 is 0 Å². The second-order valence-electron chi connectivity index (χ2n) is 8.32. The Kier molecular flexibility index (Phi) is 4.54. The molecule has 0 spiro atoms. The van der Waals surface area contributed by atoms with Gasteiger partial charge < -0.3 is 10.3 Å². The van der Waals surface area contributed by atoms with Crippen molar-refractivity contribution in [2.24, 2.45) is 0 Å². The lowest BCUT2D eigenvalue weighted by atomic mass is 9.91. The molecule has 0 fully saturated rings. The van der Waals surface area contributed by atoms with Crippen LogP contribution in [-0.4, -0.2) is 45.1 Å². The first-order valence-corrected chi connectivity index (χ1v) is 10.4. The van der Waals surface area contributed by atoms with Gasteiger partial charge in [-0.15, -0.1) is 0 Å². The number of nitrogens with zero attached hydrogens (tertiary/aromatic N) is 2. The molecule has 5 rings (SSSR count). The lowest BCUT2D eigenvalue weighted by molar-refractivity contribution is -0.384. The van der Waals surface area contributed by atoms with Gasteiger partial charge in [-0.2, -0.15) is 0 Å². The van der Waals surface area contributed by atoms with Crippen LogP contribution in [0.15, 0.2) is 36.4 Å². The lowest BCUT2D eigenvalue weighted by Crippen LogP contribution is -2.45. The van der Waals surface area contributed by atoms with Crippen LogP contribution in [-0.2, 0) is 17.6 Å². The maximum atomic E-state index is 12.6. The van der Waals surface area contributed by atoms with E-state index in [2.05, 4.69) is 35.4 Å². The minimum absolute atomic E-state index is 0.0484. The van der Waals surface area contributed by atoms with Crippen molar-refractivity contribution in [3.63, 3.8) is 0 Å². The molecule has 1 unspecified atom stereocenters. The number of nitro groups is 1. The maximum absolute atomic E-state index is 12.6. The lowest BCUT2D eigenvalue weighted by Gasteiger charge is -2.24. The van der Waals surface area contributed by atoms with Crippen LogP contribution in [0.1, 0.15) is 44.0 Å². The highest BCUT2D eigenvalue weighted by Crippen LogP contribution is 2.30. The minimum atomic E-state index is -0.694. The summed E-state index contributed by atoms with van der Waals surface area (Å²) in [5.74, 6) is -1.75. The van der Waals surface area contributed by atoms with Crippen LogP contribution in [0.2, 0.25) is 0 Å². The van der Waals surface area contributed by atoms with Crippen LogP contribution in [0.5, 0.6) is 0 Å². The fourth-order valence-electron chi connectivity index (χ4n) is 4.62. The fourth-order valence-corrected chi connectivity index (χ4v) is 4.62. The predicted octanol–water partition coefficient (Wildman–Crippen LogP) is 2.65. The van der Waals surface area contributed by atoms with E-state index < -0.39 is 29.2 Å². The number of carbonyl (C=O) groups is 3. The van der Waals surface area contributed by atoms with Crippen LogP contribution < -0.4 is 5.32 Å². The quantitative estimate of drug-likeness (QED) is 0.372. The number of aryl methyl sites for hydroxylation is 2. The number of hydrogen-bond donors (Lipinski definition) is 2.